The molecule has 5 nitrogen and oxygen atoms in total. The minimum Gasteiger partial charge on any atom is -0.361 e. The van der Waals surface area contributed by atoms with E-state index in [4.69, 9.17) is 4.52 Å². The van der Waals surface area contributed by atoms with Crippen molar-refractivity contribution in [3.8, 4) is 0 Å². The van der Waals surface area contributed by atoms with Gasteiger partial charge in [-0.2, -0.15) is 0 Å². The summed E-state index contributed by atoms with van der Waals surface area (Å²) >= 11 is 0. The van der Waals surface area contributed by atoms with Crippen LogP contribution in [0.2, 0.25) is 0 Å². The van der Waals surface area contributed by atoms with Crippen molar-refractivity contribution in [1.82, 2.24) is 15.4 Å². The molecule has 0 aromatic carbocycles. The summed E-state index contributed by atoms with van der Waals surface area (Å²) in [6.07, 6.45) is 2.84. The van der Waals surface area contributed by atoms with E-state index in [1.807, 2.05) is 6.92 Å². The first kappa shape index (κ1) is 13.1. The van der Waals surface area contributed by atoms with Gasteiger partial charge in [0, 0.05) is 18.7 Å². The number of aryl methyl sites for hydroxylation is 1. The van der Waals surface area contributed by atoms with Crippen molar-refractivity contribution in [3.63, 3.8) is 0 Å². The Bertz CT molecular complexity index is 397. The Morgan fingerprint density at radius 3 is 2.89 bits per heavy atom. The molecule has 1 aromatic rings. The number of likely N-dealkylation sites (tertiary alicyclic amines) is 1. The van der Waals surface area contributed by atoms with Gasteiger partial charge < -0.3 is 9.84 Å². The van der Waals surface area contributed by atoms with Gasteiger partial charge in [-0.3, -0.25) is 9.69 Å². The molecule has 0 saturated carbocycles. The van der Waals surface area contributed by atoms with Crippen LogP contribution in [0.5, 0.6) is 0 Å². The van der Waals surface area contributed by atoms with Crippen LogP contribution >= 0.6 is 0 Å². The molecule has 5 heteroatoms. The third-order valence-corrected chi connectivity index (χ3v) is 3.38. The van der Waals surface area contributed by atoms with Crippen LogP contribution in [-0.2, 0) is 11.2 Å². The van der Waals surface area contributed by atoms with Gasteiger partial charge in [0.05, 0.1) is 12.1 Å². The van der Waals surface area contributed by atoms with Crippen LogP contribution < -0.4 is 5.32 Å². The Kier molecular flexibility index (Phi) is 4.36. The lowest BCUT2D eigenvalue weighted by molar-refractivity contribution is -0.120. The first-order valence-corrected chi connectivity index (χ1v) is 6.58. The van der Waals surface area contributed by atoms with E-state index in [-0.39, 0.29) is 5.91 Å². The molecule has 1 N–H and O–H groups in total. The van der Waals surface area contributed by atoms with Crippen molar-refractivity contribution in [2.75, 3.05) is 19.6 Å². The smallest absolute Gasteiger partial charge is 0.226 e. The molecule has 2 rings (SSSR count). The summed E-state index contributed by atoms with van der Waals surface area (Å²) in [7, 11) is 0. The topological polar surface area (TPSA) is 58.4 Å². The predicted octanol–water partition coefficient (Wildman–Crippen LogP) is 1.13. The largest absolute Gasteiger partial charge is 0.361 e. The number of carbonyl (C=O) groups is 1. The molecule has 1 amide bonds. The third-order valence-electron chi connectivity index (χ3n) is 3.38. The lowest BCUT2D eigenvalue weighted by Crippen LogP contribution is -2.41. The summed E-state index contributed by atoms with van der Waals surface area (Å²) in [5.41, 5.74) is 0.693. The van der Waals surface area contributed by atoms with Gasteiger partial charge in [-0.1, -0.05) is 5.16 Å². The molecule has 0 aliphatic carbocycles. The van der Waals surface area contributed by atoms with Gasteiger partial charge in [-0.25, -0.2) is 0 Å². The fourth-order valence-electron chi connectivity index (χ4n) is 2.30. The zero-order chi connectivity index (χ0) is 13.0. The minimum atomic E-state index is 0.00865. The van der Waals surface area contributed by atoms with Crippen LogP contribution in [0.1, 0.15) is 31.2 Å². The monoisotopic (exact) mass is 251 g/mol. The van der Waals surface area contributed by atoms with Gasteiger partial charge in [0.2, 0.25) is 5.91 Å². The zero-order valence-corrected chi connectivity index (χ0v) is 11.1. The van der Waals surface area contributed by atoms with Crippen LogP contribution in [0.25, 0.3) is 0 Å². The molecule has 18 heavy (non-hydrogen) atoms. The number of carbonyl (C=O) groups excluding carboxylic acids is 1. The third kappa shape index (κ3) is 3.57. The average molecular weight is 251 g/mol. The summed E-state index contributed by atoms with van der Waals surface area (Å²) in [5, 5.41) is 6.77. The van der Waals surface area contributed by atoms with Gasteiger partial charge in [0.15, 0.2) is 0 Å². The van der Waals surface area contributed by atoms with Crippen LogP contribution in [-0.4, -0.2) is 41.6 Å². The van der Waals surface area contributed by atoms with E-state index in [1.54, 1.807) is 6.07 Å². The first-order valence-electron chi connectivity index (χ1n) is 6.58. The number of hydrogen-bond acceptors (Lipinski definition) is 4. The van der Waals surface area contributed by atoms with Gasteiger partial charge in [-0.15, -0.1) is 0 Å². The summed E-state index contributed by atoms with van der Waals surface area (Å²) in [5.74, 6) is 0.748. The number of rotatable bonds is 5. The predicted molar refractivity (Wildman–Crippen MR) is 68.2 cm³/mol. The fraction of sp³-hybridized carbons (Fsp3) is 0.692. The molecule has 1 aromatic heterocycles. The van der Waals surface area contributed by atoms with Crippen LogP contribution in [0.3, 0.4) is 0 Å². The molecular formula is C13H21N3O2. The van der Waals surface area contributed by atoms with Gasteiger partial charge >= 0.3 is 0 Å². The maximum absolute atomic E-state index is 11.7. The van der Waals surface area contributed by atoms with Crippen molar-refractivity contribution in [1.29, 1.82) is 0 Å². The molecular weight excluding hydrogens is 230 g/mol. The molecule has 2 heterocycles. The molecule has 1 saturated heterocycles. The number of nitrogens with zero attached hydrogens (tertiary/aromatic N) is 2. The van der Waals surface area contributed by atoms with E-state index in [2.05, 4.69) is 22.3 Å². The number of nitrogens with one attached hydrogen (secondary N) is 1. The molecule has 1 fully saturated rings. The van der Waals surface area contributed by atoms with E-state index < -0.39 is 0 Å². The maximum atomic E-state index is 11.7. The van der Waals surface area contributed by atoms with Crippen molar-refractivity contribution < 1.29 is 9.32 Å². The highest BCUT2D eigenvalue weighted by atomic mass is 16.5. The SMILES string of the molecule is Cc1cc(CC(=O)NCC(C)N2CCCC2)no1. The van der Waals surface area contributed by atoms with Crippen LogP contribution in [0.4, 0.5) is 0 Å². The number of hydrogen-bond donors (Lipinski definition) is 1. The number of amides is 1. The Morgan fingerprint density at radius 2 is 2.28 bits per heavy atom. The summed E-state index contributed by atoms with van der Waals surface area (Å²) in [6.45, 7) is 6.99. The lowest BCUT2D eigenvalue weighted by atomic mass is 10.2. The lowest BCUT2D eigenvalue weighted by Gasteiger charge is -2.23. The van der Waals surface area contributed by atoms with Gasteiger partial charge in [0.25, 0.3) is 0 Å². The van der Waals surface area contributed by atoms with E-state index in [0.29, 0.717) is 24.7 Å². The van der Waals surface area contributed by atoms with Gasteiger partial charge in [0.1, 0.15) is 5.76 Å². The molecule has 100 valence electrons. The molecule has 0 radical (unpaired) electrons. The molecule has 1 aliphatic heterocycles. The second-order valence-electron chi connectivity index (χ2n) is 5.00. The van der Waals surface area contributed by atoms with Crippen LogP contribution in [0, 0.1) is 6.92 Å². The molecule has 0 bridgehead atoms. The standard InChI is InChI=1S/C13H21N3O2/c1-10(16-5-3-4-6-16)9-14-13(17)8-12-7-11(2)18-15-12/h7,10H,3-6,8-9H2,1-2H3,(H,14,17). The Labute approximate surface area is 108 Å². The number of aromatic nitrogens is 1. The van der Waals surface area contributed by atoms with Crippen molar-refractivity contribution in [2.24, 2.45) is 0 Å². The zero-order valence-electron chi connectivity index (χ0n) is 11.1. The van der Waals surface area contributed by atoms with E-state index in [1.165, 1.54) is 12.8 Å². The van der Waals surface area contributed by atoms with Gasteiger partial charge in [-0.05, 0) is 39.8 Å². The highest BCUT2D eigenvalue weighted by Crippen LogP contribution is 2.10. The summed E-state index contributed by atoms with van der Waals surface area (Å²) in [6, 6.07) is 2.21. The Hall–Kier alpha value is -1.36. The van der Waals surface area contributed by atoms with Crippen molar-refractivity contribution >= 4 is 5.91 Å². The normalized spacial score (nSPS) is 17.9. The molecule has 1 atom stereocenters. The van der Waals surface area contributed by atoms with E-state index in [9.17, 15) is 4.79 Å². The van der Waals surface area contributed by atoms with E-state index in [0.717, 1.165) is 18.8 Å². The quantitative estimate of drug-likeness (QED) is 0.852. The van der Waals surface area contributed by atoms with Crippen LogP contribution in [0.15, 0.2) is 10.6 Å². The summed E-state index contributed by atoms with van der Waals surface area (Å²) in [4.78, 5) is 14.1. The average Bonchev–Trinajstić information content (AvgIpc) is 2.97. The highest BCUT2D eigenvalue weighted by Gasteiger charge is 2.18. The minimum absolute atomic E-state index is 0.00865. The second kappa shape index (κ2) is 6.00. The molecule has 0 spiro atoms. The Morgan fingerprint density at radius 1 is 1.56 bits per heavy atom. The van der Waals surface area contributed by atoms with E-state index >= 15 is 0 Å². The van der Waals surface area contributed by atoms with Crippen molar-refractivity contribution in [3.05, 3.63) is 17.5 Å². The second-order valence-corrected chi connectivity index (χ2v) is 5.00. The molecule has 1 aliphatic rings. The molecule has 1 unspecified atom stereocenters. The highest BCUT2D eigenvalue weighted by molar-refractivity contribution is 5.78. The van der Waals surface area contributed by atoms with Crippen molar-refractivity contribution in [2.45, 2.75) is 39.2 Å². The summed E-state index contributed by atoms with van der Waals surface area (Å²) < 4.78 is 4.93. The Balaban J connectivity index is 1.71. The first-order chi connectivity index (χ1) is 8.65. The maximum Gasteiger partial charge on any atom is 0.226 e. The fourth-order valence-corrected chi connectivity index (χ4v) is 2.30.